The molecule has 3 unspecified atom stereocenters. The van der Waals surface area contributed by atoms with Gasteiger partial charge in [0.15, 0.2) is 11.5 Å². The maximum atomic E-state index is 10.9. The van der Waals surface area contributed by atoms with Gasteiger partial charge in [-0.15, -0.1) is 0 Å². The number of ether oxygens (including phenoxy) is 2. The number of benzene rings is 1. The molecule has 1 saturated carbocycles. The van der Waals surface area contributed by atoms with Crippen molar-refractivity contribution in [2.75, 3.05) is 13.8 Å². The monoisotopic (exact) mass is 249 g/mol. The van der Waals surface area contributed by atoms with E-state index in [1.54, 1.807) is 0 Å². The number of nitrogens with one attached hydrogen (secondary N) is 1. The van der Waals surface area contributed by atoms with E-state index in [4.69, 9.17) is 14.6 Å². The second kappa shape index (κ2) is 4.17. The van der Waals surface area contributed by atoms with Gasteiger partial charge in [0.05, 0.1) is 5.92 Å². The molecule has 0 spiro atoms. The van der Waals surface area contributed by atoms with Crippen LogP contribution >= 0.6 is 0 Å². The Morgan fingerprint density at radius 3 is 2.89 bits per heavy atom. The quantitative estimate of drug-likeness (QED) is 0.844. The van der Waals surface area contributed by atoms with Crippen molar-refractivity contribution in [3.63, 3.8) is 0 Å². The highest BCUT2D eigenvalue weighted by Crippen LogP contribution is 2.48. The number of carboxylic acid groups (broad SMARTS) is 1. The van der Waals surface area contributed by atoms with Crippen LogP contribution in [0.5, 0.6) is 11.5 Å². The number of aliphatic carboxylic acids is 1. The van der Waals surface area contributed by atoms with Crippen LogP contribution in [-0.4, -0.2) is 24.9 Å². The summed E-state index contributed by atoms with van der Waals surface area (Å²) in [4.78, 5) is 10.9. The molecule has 1 heterocycles. The Morgan fingerprint density at radius 2 is 2.22 bits per heavy atom. The smallest absolute Gasteiger partial charge is 0.306 e. The molecule has 0 saturated heterocycles. The van der Waals surface area contributed by atoms with E-state index in [2.05, 4.69) is 5.32 Å². The molecule has 0 radical (unpaired) electrons. The Hall–Kier alpha value is -1.75. The van der Waals surface area contributed by atoms with E-state index in [1.807, 2.05) is 25.2 Å². The van der Waals surface area contributed by atoms with Crippen molar-refractivity contribution in [3.05, 3.63) is 23.8 Å². The van der Waals surface area contributed by atoms with Crippen LogP contribution in [0.25, 0.3) is 0 Å². The third kappa shape index (κ3) is 1.80. The van der Waals surface area contributed by atoms with Gasteiger partial charge in [0.25, 0.3) is 0 Å². The normalized spacial score (nSPS) is 25.8. The van der Waals surface area contributed by atoms with Crippen LogP contribution in [0.15, 0.2) is 18.2 Å². The van der Waals surface area contributed by atoms with Crippen LogP contribution in [0, 0.1) is 11.8 Å². The molecule has 3 atom stereocenters. The third-order valence-electron chi connectivity index (χ3n) is 3.65. The molecule has 5 heteroatoms. The van der Waals surface area contributed by atoms with Gasteiger partial charge in [-0.05, 0) is 37.1 Å². The fraction of sp³-hybridized carbons (Fsp3) is 0.462. The topological polar surface area (TPSA) is 67.8 Å². The maximum absolute atomic E-state index is 10.9. The van der Waals surface area contributed by atoms with Crippen molar-refractivity contribution in [3.8, 4) is 11.5 Å². The summed E-state index contributed by atoms with van der Waals surface area (Å²) in [5, 5.41) is 12.2. The lowest BCUT2D eigenvalue weighted by Crippen LogP contribution is -2.20. The second-order valence-electron chi connectivity index (χ2n) is 4.72. The molecular weight excluding hydrogens is 234 g/mol. The zero-order chi connectivity index (χ0) is 12.7. The molecule has 0 bridgehead atoms. The summed E-state index contributed by atoms with van der Waals surface area (Å²) in [5.41, 5.74) is 1.05. The average molecular weight is 249 g/mol. The molecule has 2 N–H and O–H groups in total. The van der Waals surface area contributed by atoms with E-state index in [-0.39, 0.29) is 24.7 Å². The van der Waals surface area contributed by atoms with E-state index >= 15 is 0 Å². The molecule has 5 nitrogen and oxygen atoms in total. The van der Waals surface area contributed by atoms with E-state index in [0.717, 1.165) is 23.5 Å². The molecule has 1 fully saturated rings. The van der Waals surface area contributed by atoms with E-state index in [1.165, 1.54) is 0 Å². The minimum absolute atomic E-state index is 0.0561. The van der Waals surface area contributed by atoms with Crippen LogP contribution in [0.1, 0.15) is 18.0 Å². The highest BCUT2D eigenvalue weighted by Gasteiger charge is 2.48. The average Bonchev–Trinajstić information content (AvgIpc) is 3.00. The fourth-order valence-corrected chi connectivity index (χ4v) is 2.60. The van der Waals surface area contributed by atoms with Crippen molar-refractivity contribution in [1.82, 2.24) is 5.32 Å². The second-order valence-corrected chi connectivity index (χ2v) is 4.72. The van der Waals surface area contributed by atoms with Crippen LogP contribution < -0.4 is 14.8 Å². The molecule has 18 heavy (non-hydrogen) atoms. The summed E-state index contributed by atoms with van der Waals surface area (Å²) < 4.78 is 10.6. The predicted octanol–water partition coefficient (Wildman–Crippen LogP) is 1.40. The van der Waals surface area contributed by atoms with Crippen LogP contribution in [0.3, 0.4) is 0 Å². The molecule has 1 aliphatic carbocycles. The number of carbonyl (C=O) groups is 1. The maximum Gasteiger partial charge on any atom is 0.306 e. The van der Waals surface area contributed by atoms with Crippen LogP contribution in [0.4, 0.5) is 0 Å². The summed E-state index contributed by atoms with van der Waals surface area (Å²) in [5.74, 6) is 0.709. The Balaban J connectivity index is 1.82. The number of hydrogen-bond donors (Lipinski definition) is 2. The standard InChI is InChI=1S/C13H15NO4/c1-14-12(8-5-9(8)13(15)16)7-2-3-10-11(4-7)18-6-17-10/h2-4,8-9,12,14H,5-6H2,1H3,(H,15,16). The van der Waals surface area contributed by atoms with Gasteiger partial charge < -0.3 is 19.9 Å². The van der Waals surface area contributed by atoms with Gasteiger partial charge in [-0.1, -0.05) is 6.07 Å². The van der Waals surface area contributed by atoms with Crippen LogP contribution in [-0.2, 0) is 4.79 Å². The minimum atomic E-state index is -0.707. The molecule has 0 aromatic heterocycles. The molecule has 2 aliphatic rings. The van der Waals surface area contributed by atoms with Gasteiger partial charge in [0, 0.05) is 6.04 Å². The van der Waals surface area contributed by atoms with Gasteiger partial charge in [-0.2, -0.15) is 0 Å². The van der Waals surface area contributed by atoms with Crippen molar-refractivity contribution in [2.45, 2.75) is 12.5 Å². The van der Waals surface area contributed by atoms with Crippen molar-refractivity contribution in [1.29, 1.82) is 0 Å². The third-order valence-corrected chi connectivity index (χ3v) is 3.65. The first-order chi connectivity index (χ1) is 8.70. The van der Waals surface area contributed by atoms with Crippen LogP contribution in [0.2, 0.25) is 0 Å². The predicted molar refractivity (Wildman–Crippen MR) is 63.6 cm³/mol. The summed E-state index contributed by atoms with van der Waals surface area (Å²) in [6.07, 6.45) is 0.731. The lowest BCUT2D eigenvalue weighted by atomic mass is 10.0. The first-order valence-electron chi connectivity index (χ1n) is 6.00. The molecule has 1 aromatic carbocycles. The Kier molecular flexibility index (Phi) is 2.63. The molecule has 96 valence electrons. The van der Waals surface area contributed by atoms with Gasteiger partial charge in [-0.3, -0.25) is 4.79 Å². The van der Waals surface area contributed by atoms with E-state index < -0.39 is 5.97 Å². The molecule has 0 amide bonds. The number of rotatable bonds is 4. The Morgan fingerprint density at radius 1 is 1.44 bits per heavy atom. The zero-order valence-corrected chi connectivity index (χ0v) is 10.1. The first-order valence-corrected chi connectivity index (χ1v) is 6.00. The number of fused-ring (bicyclic) bond motifs is 1. The van der Waals surface area contributed by atoms with Gasteiger partial charge in [-0.25, -0.2) is 0 Å². The highest BCUT2D eigenvalue weighted by atomic mass is 16.7. The minimum Gasteiger partial charge on any atom is -0.481 e. The SMILES string of the molecule is CNC(c1ccc2c(c1)OCO2)C1CC1C(=O)O. The van der Waals surface area contributed by atoms with Crippen molar-refractivity contribution in [2.24, 2.45) is 11.8 Å². The summed E-state index contributed by atoms with van der Waals surface area (Å²) in [7, 11) is 1.85. The molecule has 1 aliphatic heterocycles. The van der Waals surface area contributed by atoms with Crippen molar-refractivity contribution < 1.29 is 19.4 Å². The van der Waals surface area contributed by atoms with Crippen molar-refractivity contribution >= 4 is 5.97 Å². The summed E-state index contributed by atoms with van der Waals surface area (Å²) >= 11 is 0. The summed E-state index contributed by atoms with van der Waals surface area (Å²) in [6.45, 7) is 0.254. The molecular formula is C13H15NO4. The van der Waals surface area contributed by atoms with Gasteiger partial charge in [0.2, 0.25) is 6.79 Å². The van der Waals surface area contributed by atoms with E-state index in [0.29, 0.717) is 0 Å². The highest BCUT2D eigenvalue weighted by molar-refractivity contribution is 5.73. The fourth-order valence-electron chi connectivity index (χ4n) is 2.60. The number of carboxylic acids is 1. The lowest BCUT2D eigenvalue weighted by molar-refractivity contribution is -0.138. The Bertz CT molecular complexity index is 488. The Labute approximate surface area is 105 Å². The summed E-state index contributed by atoms with van der Waals surface area (Å²) in [6, 6.07) is 5.83. The molecule has 3 rings (SSSR count). The first kappa shape index (κ1) is 11.3. The van der Waals surface area contributed by atoms with E-state index in [9.17, 15) is 4.79 Å². The lowest BCUT2D eigenvalue weighted by Gasteiger charge is -2.16. The van der Waals surface area contributed by atoms with Gasteiger partial charge in [0.1, 0.15) is 0 Å². The zero-order valence-electron chi connectivity index (χ0n) is 10.1. The molecule has 1 aromatic rings. The largest absolute Gasteiger partial charge is 0.481 e. The number of hydrogen-bond acceptors (Lipinski definition) is 4. The van der Waals surface area contributed by atoms with Gasteiger partial charge >= 0.3 is 5.97 Å².